The molecule has 5 heteroatoms. The van der Waals surface area contributed by atoms with E-state index >= 15 is 0 Å². The Kier molecular flexibility index (Phi) is 6.30. The van der Waals surface area contributed by atoms with Crippen molar-refractivity contribution in [2.75, 3.05) is 13.2 Å². The lowest BCUT2D eigenvalue weighted by Gasteiger charge is -2.30. The third-order valence-corrected chi connectivity index (χ3v) is 5.99. The van der Waals surface area contributed by atoms with Crippen LogP contribution in [0, 0.1) is 5.92 Å². The summed E-state index contributed by atoms with van der Waals surface area (Å²) in [5.41, 5.74) is -1.00. The van der Waals surface area contributed by atoms with E-state index in [1.165, 1.54) is 0 Å². The molecule has 2 aliphatic rings. The molecule has 0 bridgehead atoms. The van der Waals surface area contributed by atoms with E-state index in [0.29, 0.717) is 24.5 Å². The number of hydrogen-bond donors (Lipinski definition) is 1. The van der Waals surface area contributed by atoms with Crippen molar-refractivity contribution in [1.82, 2.24) is 0 Å². The standard InChI is InChI=1S/C22H32O5/c1-4-9-22(10-6-15(3)27-22)20-18(23)14-19(26-21(20)24)17(5-2)13-16-7-11-25-12-8-16/h6,14,16-17,23H,4-5,7-13H2,1-3H3. The van der Waals surface area contributed by atoms with Gasteiger partial charge in [0.1, 0.15) is 22.7 Å². The zero-order chi connectivity index (χ0) is 19.4. The lowest BCUT2D eigenvalue weighted by Crippen LogP contribution is -2.32. The second kappa shape index (κ2) is 8.51. The summed E-state index contributed by atoms with van der Waals surface area (Å²) in [6.07, 6.45) is 7.99. The summed E-state index contributed by atoms with van der Waals surface area (Å²) < 4.78 is 17.2. The third kappa shape index (κ3) is 4.23. The van der Waals surface area contributed by atoms with E-state index in [9.17, 15) is 9.90 Å². The maximum absolute atomic E-state index is 12.9. The molecule has 5 nitrogen and oxygen atoms in total. The lowest BCUT2D eigenvalue weighted by atomic mass is 9.84. The minimum Gasteiger partial charge on any atom is -0.507 e. The lowest BCUT2D eigenvalue weighted by molar-refractivity contribution is 0.00878. The maximum Gasteiger partial charge on any atom is 0.347 e. The van der Waals surface area contributed by atoms with Crippen LogP contribution in [0.2, 0.25) is 0 Å². The Morgan fingerprint density at radius 2 is 2.04 bits per heavy atom. The van der Waals surface area contributed by atoms with Crippen LogP contribution >= 0.6 is 0 Å². The molecule has 0 saturated carbocycles. The number of hydrogen-bond acceptors (Lipinski definition) is 5. The summed E-state index contributed by atoms with van der Waals surface area (Å²) in [6.45, 7) is 7.63. The van der Waals surface area contributed by atoms with Crippen molar-refractivity contribution in [2.45, 2.75) is 77.2 Å². The summed E-state index contributed by atoms with van der Waals surface area (Å²) in [5.74, 6) is 2.09. The smallest absolute Gasteiger partial charge is 0.347 e. The van der Waals surface area contributed by atoms with Gasteiger partial charge in [-0.15, -0.1) is 0 Å². The fourth-order valence-corrected chi connectivity index (χ4v) is 4.52. The highest BCUT2D eigenvalue weighted by atomic mass is 16.5. The molecule has 0 aromatic carbocycles. The minimum atomic E-state index is -0.801. The van der Waals surface area contributed by atoms with Crippen LogP contribution in [0.5, 0.6) is 5.75 Å². The number of allylic oxidation sites excluding steroid dienone is 1. The number of rotatable bonds is 7. The van der Waals surface area contributed by atoms with Gasteiger partial charge in [0, 0.05) is 31.6 Å². The highest BCUT2D eigenvalue weighted by Crippen LogP contribution is 2.44. The van der Waals surface area contributed by atoms with Gasteiger partial charge in [-0.25, -0.2) is 4.79 Å². The van der Waals surface area contributed by atoms with E-state index in [1.54, 1.807) is 6.07 Å². The zero-order valence-electron chi connectivity index (χ0n) is 16.8. The fourth-order valence-electron chi connectivity index (χ4n) is 4.52. The minimum absolute atomic E-state index is 0.00299. The van der Waals surface area contributed by atoms with Gasteiger partial charge >= 0.3 is 5.63 Å². The van der Waals surface area contributed by atoms with E-state index in [-0.39, 0.29) is 17.2 Å². The molecule has 2 unspecified atom stereocenters. The Morgan fingerprint density at radius 3 is 2.59 bits per heavy atom. The number of ether oxygens (including phenoxy) is 2. The van der Waals surface area contributed by atoms with Gasteiger partial charge in [0.25, 0.3) is 0 Å². The molecule has 27 heavy (non-hydrogen) atoms. The summed E-state index contributed by atoms with van der Waals surface area (Å²) in [7, 11) is 0. The van der Waals surface area contributed by atoms with E-state index < -0.39 is 11.2 Å². The second-order valence-corrected chi connectivity index (χ2v) is 7.96. The Balaban J connectivity index is 1.88. The molecule has 0 amide bonds. The molecule has 1 aromatic rings. The molecule has 1 aromatic heterocycles. The Morgan fingerprint density at radius 1 is 1.30 bits per heavy atom. The second-order valence-electron chi connectivity index (χ2n) is 7.96. The summed E-state index contributed by atoms with van der Waals surface area (Å²) in [6, 6.07) is 1.65. The predicted molar refractivity (Wildman–Crippen MR) is 104 cm³/mol. The van der Waals surface area contributed by atoms with E-state index in [4.69, 9.17) is 13.9 Å². The first kappa shape index (κ1) is 20.0. The van der Waals surface area contributed by atoms with Crippen molar-refractivity contribution in [3.05, 3.63) is 39.6 Å². The molecule has 150 valence electrons. The average molecular weight is 376 g/mol. The quantitative estimate of drug-likeness (QED) is 0.727. The Labute approximate surface area is 161 Å². The first-order valence-corrected chi connectivity index (χ1v) is 10.3. The van der Waals surface area contributed by atoms with Crippen LogP contribution < -0.4 is 5.63 Å². The maximum atomic E-state index is 12.9. The average Bonchev–Trinajstić information content (AvgIpc) is 3.01. The fraction of sp³-hybridized carbons (Fsp3) is 0.682. The highest BCUT2D eigenvalue weighted by Gasteiger charge is 2.42. The molecule has 1 N–H and O–H groups in total. The molecule has 0 spiro atoms. The van der Waals surface area contributed by atoms with Crippen molar-refractivity contribution in [3.8, 4) is 5.75 Å². The van der Waals surface area contributed by atoms with Gasteiger partial charge in [-0.1, -0.05) is 20.3 Å². The van der Waals surface area contributed by atoms with Crippen molar-refractivity contribution >= 4 is 0 Å². The summed E-state index contributed by atoms with van der Waals surface area (Å²) in [4.78, 5) is 12.9. The monoisotopic (exact) mass is 376 g/mol. The topological polar surface area (TPSA) is 68.9 Å². The molecule has 1 fully saturated rings. The molecule has 2 aliphatic heterocycles. The van der Waals surface area contributed by atoms with Crippen LogP contribution in [0.25, 0.3) is 0 Å². The van der Waals surface area contributed by atoms with E-state index in [2.05, 4.69) is 6.92 Å². The summed E-state index contributed by atoms with van der Waals surface area (Å²) >= 11 is 0. The van der Waals surface area contributed by atoms with Crippen molar-refractivity contribution in [1.29, 1.82) is 0 Å². The van der Waals surface area contributed by atoms with Crippen LogP contribution in [0.4, 0.5) is 0 Å². The van der Waals surface area contributed by atoms with E-state index in [1.807, 2.05) is 19.9 Å². The molecule has 0 aliphatic carbocycles. The van der Waals surface area contributed by atoms with Gasteiger partial charge in [0.15, 0.2) is 0 Å². The molecule has 3 heterocycles. The Bertz CT molecular complexity index is 729. The van der Waals surface area contributed by atoms with Crippen molar-refractivity contribution < 1.29 is 19.0 Å². The largest absolute Gasteiger partial charge is 0.507 e. The van der Waals surface area contributed by atoms with Crippen LogP contribution in [0.15, 0.2) is 27.1 Å². The van der Waals surface area contributed by atoms with Gasteiger partial charge in [0.05, 0.1) is 5.76 Å². The number of aromatic hydroxyl groups is 1. The first-order chi connectivity index (χ1) is 13.0. The van der Waals surface area contributed by atoms with E-state index in [0.717, 1.165) is 51.1 Å². The van der Waals surface area contributed by atoms with Crippen LogP contribution in [-0.2, 0) is 15.1 Å². The molecule has 1 saturated heterocycles. The molecular weight excluding hydrogens is 344 g/mol. The predicted octanol–water partition coefficient (Wildman–Crippen LogP) is 4.98. The van der Waals surface area contributed by atoms with Gasteiger partial charge in [-0.3, -0.25) is 0 Å². The molecule has 3 rings (SSSR count). The van der Waals surface area contributed by atoms with Crippen LogP contribution in [0.1, 0.15) is 83.0 Å². The van der Waals surface area contributed by atoms with Crippen LogP contribution in [-0.4, -0.2) is 18.3 Å². The SMILES string of the molecule is CCCC1(c2c(O)cc(C(CC)CC3CCOCC3)oc2=O)CC=C(C)O1. The summed E-state index contributed by atoms with van der Waals surface area (Å²) in [5, 5.41) is 10.8. The highest BCUT2D eigenvalue weighted by molar-refractivity contribution is 5.38. The third-order valence-electron chi connectivity index (χ3n) is 5.99. The van der Waals surface area contributed by atoms with Gasteiger partial charge < -0.3 is 19.0 Å². The Hall–Kier alpha value is -1.75. The normalized spacial score (nSPS) is 24.5. The first-order valence-electron chi connectivity index (χ1n) is 10.3. The zero-order valence-corrected chi connectivity index (χ0v) is 16.8. The molecular formula is C22H32O5. The van der Waals surface area contributed by atoms with Gasteiger partial charge in [-0.05, 0) is 51.0 Å². The van der Waals surface area contributed by atoms with Gasteiger partial charge in [-0.2, -0.15) is 0 Å². The van der Waals surface area contributed by atoms with Gasteiger partial charge in [0.2, 0.25) is 0 Å². The van der Waals surface area contributed by atoms with Crippen LogP contribution in [0.3, 0.4) is 0 Å². The van der Waals surface area contributed by atoms with Crippen molar-refractivity contribution in [2.24, 2.45) is 5.92 Å². The van der Waals surface area contributed by atoms with Crippen molar-refractivity contribution in [3.63, 3.8) is 0 Å². The molecule has 2 atom stereocenters. The molecule has 0 radical (unpaired) electrons.